The van der Waals surface area contributed by atoms with Crippen LogP contribution in [-0.2, 0) is 25.5 Å². The second kappa shape index (κ2) is 17.0. The molecule has 1 aromatic heterocycles. The lowest BCUT2D eigenvalue weighted by Crippen LogP contribution is -2.41. The number of ether oxygens (including phenoxy) is 2. The zero-order valence-corrected chi connectivity index (χ0v) is 23.6. The molecule has 3 aromatic rings. The number of hydrogen-bond donors (Lipinski definition) is 1. The normalized spacial score (nSPS) is 11.5. The molecule has 0 fully saturated rings. The monoisotopic (exact) mass is 586 g/mol. The van der Waals surface area contributed by atoms with Crippen LogP contribution >= 0.6 is 0 Å². The third-order valence-corrected chi connectivity index (χ3v) is 6.49. The zero-order valence-electron chi connectivity index (χ0n) is 23.6. The number of pyridine rings is 1. The van der Waals surface area contributed by atoms with Crippen LogP contribution < -0.4 is 5.32 Å². The fourth-order valence-electron chi connectivity index (χ4n) is 4.19. The van der Waals surface area contributed by atoms with Crippen LogP contribution in [0.2, 0.25) is 0 Å². The summed E-state index contributed by atoms with van der Waals surface area (Å²) in [6, 6.07) is 12.7. The van der Waals surface area contributed by atoms with Crippen LogP contribution in [0.4, 0.5) is 19.4 Å². The summed E-state index contributed by atoms with van der Waals surface area (Å²) in [5.41, 5.74) is 0.112. The maximum atomic E-state index is 14.0. The number of halogens is 2. The Morgan fingerprint density at radius 2 is 1.71 bits per heavy atom. The number of carbonyl (C=O) groups is 3. The van der Waals surface area contributed by atoms with Crippen LogP contribution in [0.1, 0.15) is 38.7 Å². The average Bonchev–Trinajstić information content (AvgIpc) is 2.94. The van der Waals surface area contributed by atoms with Crippen molar-refractivity contribution in [1.29, 1.82) is 0 Å². The Morgan fingerprint density at radius 3 is 2.45 bits per heavy atom. The summed E-state index contributed by atoms with van der Waals surface area (Å²) in [4.78, 5) is 44.7. The van der Waals surface area contributed by atoms with Gasteiger partial charge in [0.15, 0.2) is 11.6 Å². The highest BCUT2D eigenvalue weighted by Gasteiger charge is 2.22. The summed E-state index contributed by atoms with van der Waals surface area (Å²) in [6.07, 6.45) is 2.50. The van der Waals surface area contributed by atoms with Gasteiger partial charge in [-0.05, 0) is 62.9 Å². The van der Waals surface area contributed by atoms with Gasteiger partial charge in [0.05, 0.1) is 19.2 Å². The van der Waals surface area contributed by atoms with Crippen LogP contribution in [0.3, 0.4) is 0 Å². The fourth-order valence-corrected chi connectivity index (χ4v) is 4.19. The molecule has 2 aromatic carbocycles. The third kappa shape index (κ3) is 10.7. The Bertz CT molecular complexity index is 1340. The largest absolute Gasteiger partial charge is 0.465 e. The number of nitrogens with one attached hydrogen (secondary N) is 1. The Kier molecular flexibility index (Phi) is 13.8. The number of esters is 1. The van der Waals surface area contributed by atoms with Crippen molar-refractivity contribution < 1.29 is 32.6 Å². The number of nitrogens with zero attached hydrogens (tertiary/aromatic N) is 3. The Labute approximate surface area is 245 Å². The second-order valence-corrected chi connectivity index (χ2v) is 9.97. The Balaban J connectivity index is 0.00000616. The Morgan fingerprint density at radius 1 is 0.976 bits per heavy atom. The first-order valence-electron chi connectivity index (χ1n) is 13.4. The lowest BCUT2D eigenvalue weighted by atomic mass is 10.1. The van der Waals surface area contributed by atoms with E-state index in [9.17, 15) is 23.2 Å². The first kappa shape index (κ1) is 34.1. The number of likely N-dealkylation sites (N-methyl/N-ethyl adjacent to an activating group) is 2. The number of aromatic nitrogens is 1. The van der Waals surface area contributed by atoms with Gasteiger partial charge in [0.25, 0.3) is 0 Å². The van der Waals surface area contributed by atoms with E-state index in [0.29, 0.717) is 25.1 Å². The van der Waals surface area contributed by atoms with Gasteiger partial charge in [-0.15, -0.1) is 0 Å². The maximum absolute atomic E-state index is 14.0. The molecule has 9 nitrogen and oxygen atoms in total. The molecule has 0 spiro atoms. The second-order valence-electron chi connectivity index (χ2n) is 9.97. The van der Waals surface area contributed by atoms with E-state index >= 15 is 0 Å². The number of hydrogen-bond acceptors (Lipinski definition) is 7. The highest BCUT2D eigenvalue weighted by atomic mass is 19.2. The molecule has 0 radical (unpaired) electrons. The molecule has 0 unspecified atom stereocenters. The molecule has 0 saturated heterocycles. The van der Waals surface area contributed by atoms with Gasteiger partial charge in [-0.25, -0.2) is 18.6 Å². The number of carbonyl (C=O) groups excluding carboxylic acids is 3. The first-order valence-corrected chi connectivity index (χ1v) is 13.4. The number of anilines is 1. The third-order valence-electron chi connectivity index (χ3n) is 6.49. The van der Waals surface area contributed by atoms with Gasteiger partial charge in [-0.1, -0.05) is 43.8 Å². The highest BCUT2D eigenvalue weighted by molar-refractivity contribution is 5.89. The lowest BCUT2D eigenvalue weighted by molar-refractivity contribution is -0.144. The molecule has 2 amide bonds. The van der Waals surface area contributed by atoms with Crippen LogP contribution in [0.25, 0.3) is 10.8 Å². The molecular formula is C31H40F2N4O5. The minimum absolute atomic E-state index is 0. The van der Waals surface area contributed by atoms with Gasteiger partial charge in [-0.2, -0.15) is 0 Å². The number of amides is 2. The van der Waals surface area contributed by atoms with E-state index in [1.165, 1.54) is 17.0 Å². The molecule has 11 heteroatoms. The van der Waals surface area contributed by atoms with Gasteiger partial charge in [0.2, 0.25) is 5.91 Å². The molecule has 1 heterocycles. The SMILES string of the molecule is C.CN(C)CC(=O)OCCCC[C@@H](COC(=O)Nc1cc2ccccc2cn1)N(C)C(=O)CCc1cccc(F)c1F. The average molecular weight is 587 g/mol. The summed E-state index contributed by atoms with van der Waals surface area (Å²) in [6.45, 7) is 0.308. The van der Waals surface area contributed by atoms with Crippen molar-refractivity contribution in [2.45, 2.75) is 45.6 Å². The smallest absolute Gasteiger partial charge is 0.412 e. The van der Waals surface area contributed by atoms with E-state index in [1.54, 1.807) is 38.3 Å². The van der Waals surface area contributed by atoms with Gasteiger partial charge in [-0.3, -0.25) is 19.8 Å². The van der Waals surface area contributed by atoms with Crippen molar-refractivity contribution in [2.75, 3.05) is 46.2 Å². The predicted octanol–water partition coefficient (Wildman–Crippen LogP) is 5.43. The molecule has 1 N–H and O–H groups in total. The highest BCUT2D eigenvalue weighted by Crippen LogP contribution is 2.18. The van der Waals surface area contributed by atoms with Crippen molar-refractivity contribution in [3.05, 3.63) is 71.9 Å². The topological polar surface area (TPSA) is 101 Å². The fraction of sp³-hybridized carbons (Fsp3) is 0.419. The zero-order chi connectivity index (χ0) is 29.8. The lowest BCUT2D eigenvalue weighted by Gasteiger charge is -2.28. The van der Waals surface area contributed by atoms with E-state index in [1.807, 2.05) is 24.3 Å². The van der Waals surface area contributed by atoms with E-state index < -0.39 is 23.8 Å². The molecule has 0 aliphatic carbocycles. The molecule has 0 saturated carbocycles. The van der Waals surface area contributed by atoms with Crippen LogP contribution in [-0.4, -0.2) is 79.7 Å². The molecule has 0 bridgehead atoms. The number of aryl methyl sites for hydroxylation is 1. The number of rotatable bonds is 14. The summed E-state index contributed by atoms with van der Waals surface area (Å²) in [5.74, 6) is -2.24. The van der Waals surface area contributed by atoms with Crippen molar-refractivity contribution in [2.24, 2.45) is 0 Å². The number of benzene rings is 2. The molecule has 1 atom stereocenters. The van der Waals surface area contributed by atoms with E-state index in [-0.39, 0.29) is 57.5 Å². The maximum Gasteiger partial charge on any atom is 0.412 e. The van der Waals surface area contributed by atoms with Gasteiger partial charge < -0.3 is 14.4 Å². The van der Waals surface area contributed by atoms with Crippen LogP contribution in [0.5, 0.6) is 0 Å². The summed E-state index contributed by atoms with van der Waals surface area (Å²) >= 11 is 0. The van der Waals surface area contributed by atoms with Gasteiger partial charge in [0.1, 0.15) is 12.4 Å². The van der Waals surface area contributed by atoms with Crippen LogP contribution in [0.15, 0.2) is 54.7 Å². The van der Waals surface area contributed by atoms with E-state index in [2.05, 4.69) is 10.3 Å². The molecule has 3 rings (SSSR count). The first-order chi connectivity index (χ1) is 19.6. The van der Waals surface area contributed by atoms with Crippen LogP contribution in [0, 0.1) is 11.6 Å². The van der Waals surface area contributed by atoms with Crippen molar-refractivity contribution >= 4 is 34.6 Å². The van der Waals surface area contributed by atoms with Gasteiger partial charge in [0, 0.05) is 25.1 Å². The number of unbranched alkanes of at least 4 members (excludes halogenated alkanes) is 1. The summed E-state index contributed by atoms with van der Waals surface area (Å²) in [7, 11) is 5.12. The minimum atomic E-state index is -0.967. The standard InChI is InChI=1S/C30H36F2N4O5.CH4/c1-35(2)19-28(38)40-16-7-6-12-24(36(3)27(37)15-14-21-11-8-13-25(31)29(21)32)20-41-30(39)34-26-17-22-9-4-5-10-23(22)18-33-26;/h4-5,8-11,13,17-18,24H,6-7,12,14-16,19-20H2,1-3H3,(H,33,34,39);1H4/t24-;/m0./s1. The van der Waals surface area contributed by atoms with Crippen molar-refractivity contribution in [3.8, 4) is 0 Å². The molecule has 0 aliphatic rings. The molecule has 0 aliphatic heterocycles. The summed E-state index contributed by atoms with van der Waals surface area (Å²) < 4.78 is 38.3. The van der Waals surface area contributed by atoms with E-state index in [4.69, 9.17) is 9.47 Å². The number of fused-ring (bicyclic) bond motifs is 1. The Hall–Kier alpha value is -4.12. The minimum Gasteiger partial charge on any atom is -0.465 e. The van der Waals surface area contributed by atoms with Crippen molar-refractivity contribution in [3.63, 3.8) is 0 Å². The van der Waals surface area contributed by atoms with Gasteiger partial charge >= 0.3 is 12.1 Å². The summed E-state index contributed by atoms with van der Waals surface area (Å²) in [5, 5.41) is 4.44. The quantitative estimate of drug-likeness (QED) is 0.199. The van der Waals surface area contributed by atoms with Crippen molar-refractivity contribution in [1.82, 2.24) is 14.8 Å². The predicted molar refractivity (Wildman–Crippen MR) is 158 cm³/mol. The molecular weight excluding hydrogens is 546 g/mol. The van der Waals surface area contributed by atoms with E-state index in [0.717, 1.165) is 16.8 Å². The molecule has 228 valence electrons. The molecule has 42 heavy (non-hydrogen) atoms.